The summed E-state index contributed by atoms with van der Waals surface area (Å²) in [4.78, 5) is 9.97. The molecular weight excluding hydrogens is 204 g/mol. The van der Waals surface area contributed by atoms with Gasteiger partial charge >= 0.3 is 0 Å². The first-order chi connectivity index (χ1) is 7.35. The Balaban J connectivity index is 3.53. The van der Waals surface area contributed by atoms with Gasteiger partial charge in [0.1, 0.15) is 0 Å². The second-order valence-electron chi connectivity index (χ2n) is 3.90. The van der Waals surface area contributed by atoms with Crippen molar-refractivity contribution in [3.63, 3.8) is 0 Å². The van der Waals surface area contributed by atoms with Gasteiger partial charge < -0.3 is 4.74 Å². The maximum atomic E-state index is 9.97. The summed E-state index contributed by atoms with van der Waals surface area (Å²) in [6.07, 6.45) is 7.98. The molecule has 0 heterocycles. The van der Waals surface area contributed by atoms with Gasteiger partial charge in [-0.05, 0) is 11.6 Å². The lowest BCUT2D eigenvalue weighted by Gasteiger charge is -2.14. The van der Waals surface area contributed by atoms with Gasteiger partial charge in [0.2, 0.25) is 0 Å². The number of carbonyl (C=O) groups is 1. The van der Waals surface area contributed by atoms with Crippen molar-refractivity contribution >= 4 is 16.0 Å². The molecule has 15 heavy (non-hydrogen) atoms. The van der Waals surface area contributed by atoms with E-state index in [4.69, 9.17) is 4.74 Å². The van der Waals surface area contributed by atoms with Crippen LogP contribution in [0.3, 0.4) is 0 Å². The fraction of sp³-hybridized carbons (Fsp3) is 0.917. The van der Waals surface area contributed by atoms with Crippen LogP contribution in [0.15, 0.2) is 0 Å². The summed E-state index contributed by atoms with van der Waals surface area (Å²) in [6.45, 7) is 5.65. The smallest absolute Gasteiger partial charge is 0.293 e. The fourth-order valence-corrected chi connectivity index (χ4v) is 3.08. The van der Waals surface area contributed by atoms with Crippen molar-refractivity contribution in [1.29, 1.82) is 0 Å². The standard InChI is InChI=1S/C12H24O2Si/c1-3-5-7-12(8-6-4-2)15-10-9-14-11-13/h11-12H,3-10H2,1-2H3. The number of unbranched alkanes of at least 4 members (excludes halogenated alkanes) is 2. The van der Waals surface area contributed by atoms with Crippen LogP contribution in [-0.2, 0) is 9.53 Å². The molecule has 2 radical (unpaired) electrons. The van der Waals surface area contributed by atoms with Gasteiger partial charge in [-0.2, -0.15) is 0 Å². The van der Waals surface area contributed by atoms with Gasteiger partial charge in [-0.15, -0.1) is 0 Å². The van der Waals surface area contributed by atoms with E-state index in [1.165, 1.54) is 38.5 Å². The van der Waals surface area contributed by atoms with Gasteiger partial charge in [0.15, 0.2) is 0 Å². The summed E-state index contributed by atoms with van der Waals surface area (Å²) in [6, 6.07) is 1.05. The van der Waals surface area contributed by atoms with Gasteiger partial charge in [0, 0.05) is 9.52 Å². The van der Waals surface area contributed by atoms with Gasteiger partial charge in [-0.1, -0.05) is 52.4 Å². The van der Waals surface area contributed by atoms with Gasteiger partial charge in [0.25, 0.3) is 6.47 Å². The first-order valence-corrected chi connectivity index (χ1v) is 7.42. The molecule has 0 N–H and O–H groups in total. The van der Waals surface area contributed by atoms with Crippen LogP contribution in [0.4, 0.5) is 0 Å². The zero-order chi connectivity index (χ0) is 11.4. The predicted molar refractivity (Wildman–Crippen MR) is 65.4 cm³/mol. The van der Waals surface area contributed by atoms with Crippen LogP contribution in [0, 0.1) is 0 Å². The minimum Gasteiger partial charge on any atom is -0.468 e. The van der Waals surface area contributed by atoms with E-state index in [9.17, 15) is 4.79 Å². The molecule has 0 rings (SSSR count). The van der Waals surface area contributed by atoms with E-state index in [0.717, 1.165) is 21.1 Å². The number of hydrogen-bond donors (Lipinski definition) is 0. The maximum absolute atomic E-state index is 9.97. The highest BCUT2D eigenvalue weighted by Crippen LogP contribution is 2.21. The Morgan fingerprint density at radius 2 is 1.80 bits per heavy atom. The van der Waals surface area contributed by atoms with Crippen LogP contribution in [0.2, 0.25) is 11.6 Å². The molecule has 0 spiro atoms. The Morgan fingerprint density at radius 3 is 2.27 bits per heavy atom. The van der Waals surface area contributed by atoms with Crippen LogP contribution >= 0.6 is 0 Å². The molecule has 0 bridgehead atoms. The van der Waals surface area contributed by atoms with Crippen LogP contribution in [0.25, 0.3) is 0 Å². The Hall–Kier alpha value is -0.313. The van der Waals surface area contributed by atoms with Gasteiger partial charge in [-0.25, -0.2) is 0 Å². The average Bonchev–Trinajstić information content (AvgIpc) is 2.27. The molecule has 2 nitrogen and oxygen atoms in total. The molecule has 0 saturated carbocycles. The molecule has 0 aliphatic heterocycles. The molecule has 0 aliphatic rings. The van der Waals surface area contributed by atoms with Crippen LogP contribution in [0.1, 0.15) is 52.4 Å². The Kier molecular flexibility index (Phi) is 11.5. The lowest BCUT2D eigenvalue weighted by molar-refractivity contribution is -0.128. The van der Waals surface area contributed by atoms with Crippen molar-refractivity contribution in [2.24, 2.45) is 0 Å². The second kappa shape index (κ2) is 11.8. The van der Waals surface area contributed by atoms with E-state index in [1.54, 1.807) is 0 Å². The third-order valence-corrected chi connectivity index (χ3v) is 4.18. The lowest BCUT2D eigenvalue weighted by atomic mass is 10.1. The molecule has 88 valence electrons. The SMILES string of the molecule is CCCCC(CCCC)[Si]CCOC=O. The fourth-order valence-electron chi connectivity index (χ4n) is 1.62. The Labute approximate surface area is 96.6 Å². The van der Waals surface area contributed by atoms with Gasteiger partial charge in [-0.3, -0.25) is 4.79 Å². The van der Waals surface area contributed by atoms with Crippen molar-refractivity contribution in [1.82, 2.24) is 0 Å². The quantitative estimate of drug-likeness (QED) is 0.307. The highest BCUT2D eigenvalue weighted by atomic mass is 28.2. The third kappa shape index (κ3) is 9.98. The van der Waals surface area contributed by atoms with Crippen LogP contribution in [0.5, 0.6) is 0 Å². The van der Waals surface area contributed by atoms with E-state index < -0.39 is 0 Å². The predicted octanol–water partition coefficient (Wildman–Crippen LogP) is 3.45. The van der Waals surface area contributed by atoms with Crippen molar-refractivity contribution in [2.75, 3.05) is 6.61 Å². The molecule has 0 saturated heterocycles. The summed E-state index contributed by atoms with van der Waals surface area (Å²) in [5, 5.41) is 0. The normalized spacial score (nSPS) is 10.6. The molecule has 0 fully saturated rings. The minimum atomic E-state index is 0.553. The minimum absolute atomic E-state index is 0.553. The molecule has 0 aliphatic carbocycles. The molecule has 0 atom stereocenters. The van der Waals surface area contributed by atoms with Crippen molar-refractivity contribution in [3.8, 4) is 0 Å². The van der Waals surface area contributed by atoms with Gasteiger partial charge in [0.05, 0.1) is 6.61 Å². The topological polar surface area (TPSA) is 26.3 Å². The Bertz CT molecular complexity index is 132. The number of carbonyl (C=O) groups excluding carboxylic acids is 1. The Morgan fingerprint density at radius 1 is 1.20 bits per heavy atom. The lowest BCUT2D eigenvalue weighted by Crippen LogP contribution is -2.07. The first-order valence-electron chi connectivity index (χ1n) is 6.13. The number of ether oxygens (including phenoxy) is 1. The highest BCUT2D eigenvalue weighted by molar-refractivity contribution is 6.37. The molecule has 0 unspecified atom stereocenters. The number of rotatable bonds is 11. The van der Waals surface area contributed by atoms with Crippen molar-refractivity contribution < 1.29 is 9.53 Å². The highest BCUT2D eigenvalue weighted by Gasteiger charge is 2.08. The van der Waals surface area contributed by atoms with Crippen LogP contribution < -0.4 is 0 Å². The largest absolute Gasteiger partial charge is 0.468 e. The van der Waals surface area contributed by atoms with E-state index in [2.05, 4.69) is 13.8 Å². The van der Waals surface area contributed by atoms with Crippen LogP contribution in [-0.4, -0.2) is 22.6 Å². The van der Waals surface area contributed by atoms with E-state index in [1.807, 2.05) is 0 Å². The first kappa shape index (κ1) is 14.7. The van der Waals surface area contributed by atoms with E-state index >= 15 is 0 Å². The van der Waals surface area contributed by atoms with Crippen molar-refractivity contribution in [3.05, 3.63) is 0 Å². The molecule has 0 aromatic rings. The monoisotopic (exact) mass is 228 g/mol. The average molecular weight is 228 g/mol. The summed E-state index contributed by atoms with van der Waals surface area (Å²) in [7, 11) is 0.969. The molecule has 0 amide bonds. The van der Waals surface area contributed by atoms with Crippen molar-refractivity contribution in [2.45, 2.75) is 64.0 Å². The van der Waals surface area contributed by atoms with E-state index in [-0.39, 0.29) is 0 Å². The molecule has 0 aromatic carbocycles. The zero-order valence-corrected chi connectivity index (χ0v) is 11.1. The second-order valence-corrected chi connectivity index (χ2v) is 5.63. The summed E-state index contributed by atoms with van der Waals surface area (Å²) in [5.41, 5.74) is 0.875. The zero-order valence-electron chi connectivity index (χ0n) is 10.1. The molecule has 0 aromatic heterocycles. The summed E-state index contributed by atoms with van der Waals surface area (Å²) < 4.78 is 4.72. The number of hydrogen-bond acceptors (Lipinski definition) is 2. The third-order valence-electron chi connectivity index (χ3n) is 2.53. The summed E-state index contributed by atoms with van der Waals surface area (Å²) in [5.74, 6) is 0. The maximum Gasteiger partial charge on any atom is 0.293 e. The molecule has 3 heteroatoms. The molecular formula is C12H24O2Si. The van der Waals surface area contributed by atoms with E-state index in [0.29, 0.717) is 13.1 Å². The summed E-state index contributed by atoms with van der Waals surface area (Å²) >= 11 is 0.